The molecular weight excluding hydrogens is 246 g/mol. The summed E-state index contributed by atoms with van der Waals surface area (Å²) in [5.41, 5.74) is 1.03. The van der Waals surface area contributed by atoms with E-state index >= 15 is 0 Å². The monoisotopic (exact) mass is 265 g/mol. The Morgan fingerprint density at radius 3 is 2.58 bits per heavy atom. The molecule has 1 aliphatic rings. The van der Waals surface area contributed by atoms with Gasteiger partial charge in [-0.2, -0.15) is 0 Å². The van der Waals surface area contributed by atoms with Crippen LogP contribution in [0.15, 0.2) is 24.3 Å². The number of likely N-dealkylation sites (tertiary alicyclic amines) is 1. The lowest BCUT2D eigenvalue weighted by atomic mass is 10.2. The Kier molecular flexibility index (Phi) is 4.39. The lowest BCUT2D eigenvalue weighted by molar-refractivity contribution is -0.131. The van der Waals surface area contributed by atoms with Gasteiger partial charge in [0.2, 0.25) is 5.91 Å². The number of carbonyl (C=O) groups excluding carboxylic acids is 1. The summed E-state index contributed by atoms with van der Waals surface area (Å²) in [6.45, 7) is 2.64. The van der Waals surface area contributed by atoms with E-state index in [0.29, 0.717) is 6.61 Å². The summed E-state index contributed by atoms with van der Waals surface area (Å²) in [4.78, 5) is 13.3. The molecule has 19 heavy (non-hydrogen) atoms. The minimum atomic E-state index is -0.832. The highest BCUT2D eigenvalue weighted by molar-refractivity contribution is 5.76. The van der Waals surface area contributed by atoms with E-state index in [2.05, 4.69) is 0 Å². The van der Waals surface area contributed by atoms with Crippen LogP contribution in [0.1, 0.15) is 12.0 Å². The number of aliphatic hydroxyl groups excluding tert-OH is 2. The summed E-state index contributed by atoms with van der Waals surface area (Å²) in [7, 11) is 0. The molecule has 1 aliphatic heterocycles. The SMILES string of the molecule is Cc1ccccc1OCCC(=O)N1CC(O)C(O)C1. The Balaban J connectivity index is 1.77. The molecule has 0 saturated carbocycles. The number of nitrogens with zero attached hydrogens (tertiary/aromatic N) is 1. The Hall–Kier alpha value is -1.59. The van der Waals surface area contributed by atoms with Crippen LogP contribution in [0.25, 0.3) is 0 Å². The Labute approximate surface area is 112 Å². The molecule has 2 unspecified atom stereocenters. The molecule has 0 aliphatic carbocycles. The fourth-order valence-electron chi connectivity index (χ4n) is 2.10. The van der Waals surface area contributed by atoms with Gasteiger partial charge in [0.05, 0.1) is 25.2 Å². The van der Waals surface area contributed by atoms with Crippen LogP contribution in [0.4, 0.5) is 0 Å². The standard InChI is InChI=1S/C14H19NO4/c1-10-4-2-3-5-13(10)19-7-6-14(18)15-8-11(16)12(17)9-15/h2-5,11-12,16-17H,6-9H2,1H3. The van der Waals surface area contributed by atoms with Gasteiger partial charge in [0.15, 0.2) is 0 Å². The van der Waals surface area contributed by atoms with E-state index in [-0.39, 0.29) is 25.4 Å². The summed E-state index contributed by atoms with van der Waals surface area (Å²) in [6.07, 6.45) is -1.42. The van der Waals surface area contributed by atoms with Gasteiger partial charge in [-0.05, 0) is 18.6 Å². The van der Waals surface area contributed by atoms with Gasteiger partial charge in [-0.15, -0.1) is 0 Å². The summed E-state index contributed by atoms with van der Waals surface area (Å²) >= 11 is 0. The van der Waals surface area contributed by atoms with Crippen molar-refractivity contribution in [3.63, 3.8) is 0 Å². The predicted octanol–water partition coefficient (Wildman–Crippen LogP) is 0.328. The predicted molar refractivity (Wildman–Crippen MR) is 69.9 cm³/mol. The summed E-state index contributed by atoms with van der Waals surface area (Å²) < 4.78 is 5.55. The lowest BCUT2D eigenvalue weighted by Crippen LogP contribution is -2.30. The van der Waals surface area contributed by atoms with Crippen LogP contribution < -0.4 is 4.74 Å². The average Bonchev–Trinajstić information content (AvgIpc) is 2.72. The highest BCUT2D eigenvalue weighted by Gasteiger charge is 2.32. The summed E-state index contributed by atoms with van der Waals surface area (Å²) in [6, 6.07) is 7.63. The zero-order chi connectivity index (χ0) is 13.8. The minimum Gasteiger partial charge on any atom is -0.493 e. The van der Waals surface area contributed by atoms with Crippen molar-refractivity contribution in [2.24, 2.45) is 0 Å². The van der Waals surface area contributed by atoms with Crippen molar-refractivity contribution in [1.29, 1.82) is 0 Å². The third kappa shape index (κ3) is 3.45. The molecule has 1 saturated heterocycles. The number of β-amino-alcohol motifs (C(OH)–C–C–N with tert-alkyl or cyclic N) is 2. The van der Waals surface area contributed by atoms with Gasteiger partial charge in [-0.1, -0.05) is 18.2 Å². The van der Waals surface area contributed by atoms with E-state index in [4.69, 9.17) is 4.74 Å². The van der Waals surface area contributed by atoms with Crippen LogP contribution in [0.2, 0.25) is 0 Å². The van der Waals surface area contributed by atoms with Crippen molar-refractivity contribution in [2.75, 3.05) is 19.7 Å². The Bertz CT molecular complexity index is 439. The maximum Gasteiger partial charge on any atom is 0.226 e. The maximum atomic E-state index is 11.8. The largest absolute Gasteiger partial charge is 0.493 e. The van der Waals surface area contributed by atoms with Crippen LogP contribution >= 0.6 is 0 Å². The lowest BCUT2D eigenvalue weighted by Gasteiger charge is -2.15. The Morgan fingerprint density at radius 2 is 1.95 bits per heavy atom. The number of aryl methyl sites for hydroxylation is 1. The number of amides is 1. The first-order valence-electron chi connectivity index (χ1n) is 6.40. The number of ether oxygens (including phenoxy) is 1. The molecule has 2 rings (SSSR count). The topological polar surface area (TPSA) is 70.0 Å². The third-order valence-electron chi connectivity index (χ3n) is 3.28. The molecule has 2 atom stereocenters. The maximum absolute atomic E-state index is 11.8. The second-order valence-electron chi connectivity index (χ2n) is 4.80. The van der Waals surface area contributed by atoms with Gasteiger partial charge >= 0.3 is 0 Å². The summed E-state index contributed by atoms with van der Waals surface area (Å²) in [5, 5.41) is 18.8. The molecule has 1 fully saturated rings. The highest BCUT2D eigenvalue weighted by Crippen LogP contribution is 2.17. The second kappa shape index (κ2) is 6.04. The van der Waals surface area contributed by atoms with E-state index in [1.54, 1.807) is 0 Å². The van der Waals surface area contributed by atoms with Gasteiger partial charge in [-0.25, -0.2) is 0 Å². The molecule has 1 aromatic rings. The minimum absolute atomic E-state index is 0.107. The van der Waals surface area contributed by atoms with Gasteiger partial charge in [0, 0.05) is 13.1 Å². The molecule has 2 N–H and O–H groups in total. The zero-order valence-corrected chi connectivity index (χ0v) is 11.0. The molecular formula is C14H19NO4. The van der Waals surface area contributed by atoms with Gasteiger partial charge < -0.3 is 19.8 Å². The van der Waals surface area contributed by atoms with Crippen molar-refractivity contribution < 1.29 is 19.7 Å². The van der Waals surface area contributed by atoms with Crippen molar-refractivity contribution in [1.82, 2.24) is 4.90 Å². The fourth-order valence-corrected chi connectivity index (χ4v) is 2.10. The van der Waals surface area contributed by atoms with Crippen LogP contribution in [-0.2, 0) is 4.79 Å². The average molecular weight is 265 g/mol. The molecule has 0 bridgehead atoms. The summed E-state index contributed by atoms with van der Waals surface area (Å²) in [5.74, 6) is 0.668. The molecule has 1 heterocycles. The van der Waals surface area contributed by atoms with Crippen LogP contribution in [0, 0.1) is 6.92 Å². The quantitative estimate of drug-likeness (QED) is 0.823. The molecule has 104 valence electrons. The van der Waals surface area contributed by atoms with Gasteiger partial charge in [0.1, 0.15) is 5.75 Å². The normalized spacial score (nSPS) is 22.6. The first kappa shape index (κ1) is 13.8. The fraction of sp³-hybridized carbons (Fsp3) is 0.500. The van der Waals surface area contributed by atoms with E-state index in [1.807, 2.05) is 31.2 Å². The van der Waals surface area contributed by atoms with E-state index in [1.165, 1.54) is 4.90 Å². The van der Waals surface area contributed by atoms with Crippen LogP contribution in [0.5, 0.6) is 5.75 Å². The van der Waals surface area contributed by atoms with Crippen molar-refractivity contribution >= 4 is 5.91 Å². The number of hydrogen-bond donors (Lipinski definition) is 2. The number of hydrogen-bond acceptors (Lipinski definition) is 4. The molecule has 1 aromatic carbocycles. The van der Waals surface area contributed by atoms with Crippen molar-refractivity contribution in [2.45, 2.75) is 25.6 Å². The Morgan fingerprint density at radius 1 is 1.32 bits per heavy atom. The van der Waals surface area contributed by atoms with Crippen LogP contribution in [-0.4, -0.2) is 52.9 Å². The number of rotatable bonds is 4. The first-order chi connectivity index (χ1) is 9.08. The third-order valence-corrected chi connectivity index (χ3v) is 3.28. The number of carbonyl (C=O) groups is 1. The highest BCUT2D eigenvalue weighted by atomic mass is 16.5. The molecule has 0 radical (unpaired) electrons. The van der Waals surface area contributed by atoms with Crippen molar-refractivity contribution in [3.8, 4) is 5.75 Å². The smallest absolute Gasteiger partial charge is 0.226 e. The number of benzene rings is 1. The van der Waals surface area contributed by atoms with E-state index in [9.17, 15) is 15.0 Å². The number of aliphatic hydroxyl groups is 2. The first-order valence-corrected chi connectivity index (χ1v) is 6.40. The van der Waals surface area contributed by atoms with Gasteiger partial charge in [-0.3, -0.25) is 4.79 Å². The van der Waals surface area contributed by atoms with Gasteiger partial charge in [0.25, 0.3) is 0 Å². The molecule has 0 spiro atoms. The molecule has 5 nitrogen and oxygen atoms in total. The molecule has 0 aromatic heterocycles. The molecule has 5 heteroatoms. The van der Waals surface area contributed by atoms with E-state index < -0.39 is 12.2 Å². The zero-order valence-electron chi connectivity index (χ0n) is 11.0. The van der Waals surface area contributed by atoms with Crippen molar-refractivity contribution in [3.05, 3.63) is 29.8 Å². The second-order valence-corrected chi connectivity index (χ2v) is 4.80. The molecule has 1 amide bonds. The van der Waals surface area contributed by atoms with E-state index in [0.717, 1.165) is 11.3 Å². The number of para-hydroxylation sites is 1. The van der Waals surface area contributed by atoms with Crippen LogP contribution in [0.3, 0.4) is 0 Å².